The minimum atomic E-state index is -0.211. The SMILES string of the molecule is COC1(C(Cc2c(C)nn(C)c2Cl)NN)CCCCCC1. The number of hydrogen-bond donors (Lipinski definition) is 2. The first-order valence-corrected chi connectivity index (χ1v) is 8.11. The van der Waals surface area contributed by atoms with Gasteiger partial charge in [0.05, 0.1) is 17.3 Å². The molecule has 21 heavy (non-hydrogen) atoms. The molecule has 0 saturated heterocycles. The van der Waals surface area contributed by atoms with Crippen molar-refractivity contribution >= 4 is 11.6 Å². The van der Waals surface area contributed by atoms with E-state index >= 15 is 0 Å². The van der Waals surface area contributed by atoms with Crippen molar-refractivity contribution in [1.29, 1.82) is 0 Å². The summed E-state index contributed by atoms with van der Waals surface area (Å²) in [7, 11) is 3.66. The first-order chi connectivity index (χ1) is 10.0. The Bertz CT molecular complexity index is 466. The highest BCUT2D eigenvalue weighted by molar-refractivity contribution is 6.30. The summed E-state index contributed by atoms with van der Waals surface area (Å²) in [5, 5.41) is 5.07. The van der Waals surface area contributed by atoms with Gasteiger partial charge < -0.3 is 4.74 Å². The van der Waals surface area contributed by atoms with E-state index in [1.807, 2.05) is 14.0 Å². The average Bonchev–Trinajstić information content (AvgIpc) is 2.67. The summed E-state index contributed by atoms with van der Waals surface area (Å²) < 4.78 is 7.67. The molecule has 6 heteroatoms. The second-order valence-electron chi connectivity index (χ2n) is 6.08. The Labute approximate surface area is 132 Å². The Kier molecular flexibility index (Phi) is 5.66. The topological polar surface area (TPSA) is 65.1 Å². The van der Waals surface area contributed by atoms with E-state index in [2.05, 4.69) is 10.5 Å². The van der Waals surface area contributed by atoms with Gasteiger partial charge in [0.15, 0.2) is 0 Å². The number of nitrogens with one attached hydrogen (secondary N) is 1. The van der Waals surface area contributed by atoms with Crippen LogP contribution < -0.4 is 11.3 Å². The fourth-order valence-electron chi connectivity index (χ4n) is 3.53. The van der Waals surface area contributed by atoms with Gasteiger partial charge in [0.1, 0.15) is 5.15 Å². The van der Waals surface area contributed by atoms with E-state index in [0.717, 1.165) is 30.5 Å². The number of nitrogens with two attached hydrogens (primary N) is 1. The van der Waals surface area contributed by atoms with Crippen LogP contribution in [-0.4, -0.2) is 28.5 Å². The van der Waals surface area contributed by atoms with E-state index in [1.54, 1.807) is 11.8 Å². The second kappa shape index (κ2) is 7.09. The fraction of sp³-hybridized carbons (Fsp3) is 0.800. The molecule has 2 rings (SSSR count). The van der Waals surface area contributed by atoms with E-state index < -0.39 is 0 Å². The lowest BCUT2D eigenvalue weighted by atomic mass is 9.83. The van der Waals surface area contributed by atoms with Crippen molar-refractivity contribution in [3.8, 4) is 0 Å². The maximum atomic E-state index is 6.37. The molecule has 1 aliphatic carbocycles. The zero-order chi connectivity index (χ0) is 15.5. The highest BCUT2D eigenvalue weighted by Gasteiger charge is 2.39. The summed E-state index contributed by atoms with van der Waals surface area (Å²) in [4.78, 5) is 0. The van der Waals surface area contributed by atoms with Crippen LogP contribution in [0.15, 0.2) is 0 Å². The maximum Gasteiger partial charge on any atom is 0.130 e. The lowest BCUT2D eigenvalue weighted by Crippen LogP contribution is -2.55. The highest BCUT2D eigenvalue weighted by Crippen LogP contribution is 2.35. The number of ether oxygens (including phenoxy) is 1. The lowest BCUT2D eigenvalue weighted by molar-refractivity contribution is -0.0527. The predicted octanol–water partition coefficient (Wildman–Crippen LogP) is 2.50. The standard InChI is InChI=1S/C15H27ClN4O/c1-11-12(14(16)20(2)19-11)10-13(18-17)15(21-3)8-6-4-5-7-9-15/h13,18H,4-10,17H2,1-3H3. The Balaban J connectivity index is 2.24. The van der Waals surface area contributed by atoms with Gasteiger partial charge in [-0.25, -0.2) is 0 Å². The Morgan fingerprint density at radius 1 is 1.38 bits per heavy atom. The lowest BCUT2D eigenvalue weighted by Gasteiger charge is -2.39. The van der Waals surface area contributed by atoms with E-state index in [0.29, 0.717) is 5.15 Å². The van der Waals surface area contributed by atoms with Crippen LogP contribution in [0.1, 0.15) is 49.8 Å². The number of rotatable bonds is 5. The van der Waals surface area contributed by atoms with Crippen LogP contribution in [0.2, 0.25) is 5.15 Å². The van der Waals surface area contributed by atoms with Crippen LogP contribution in [0.3, 0.4) is 0 Å². The van der Waals surface area contributed by atoms with Crippen LogP contribution >= 0.6 is 11.6 Å². The second-order valence-corrected chi connectivity index (χ2v) is 6.44. The Hall–Kier alpha value is -0.620. The van der Waals surface area contributed by atoms with Crippen LogP contribution in [-0.2, 0) is 18.2 Å². The number of aromatic nitrogens is 2. The van der Waals surface area contributed by atoms with Crippen molar-refractivity contribution < 1.29 is 4.74 Å². The molecular formula is C15H27ClN4O. The van der Waals surface area contributed by atoms with Crippen molar-refractivity contribution in [3.05, 3.63) is 16.4 Å². The summed E-state index contributed by atoms with van der Waals surface area (Å²) in [5.41, 5.74) is 4.79. The minimum Gasteiger partial charge on any atom is -0.377 e. The van der Waals surface area contributed by atoms with E-state index in [1.165, 1.54) is 25.7 Å². The highest BCUT2D eigenvalue weighted by atomic mass is 35.5. The molecule has 5 nitrogen and oxygen atoms in total. The molecule has 1 aromatic heterocycles. The molecule has 0 aromatic carbocycles. The van der Waals surface area contributed by atoms with Crippen molar-refractivity contribution in [3.63, 3.8) is 0 Å². The quantitative estimate of drug-likeness (QED) is 0.498. The molecule has 0 amide bonds. The van der Waals surface area contributed by atoms with Crippen LogP contribution in [0, 0.1) is 6.92 Å². The zero-order valence-electron chi connectivity index (χ0n) is 13.3. The molecule has 1 fully saturated rings. The number of methoxy groups -OCH3 is 1. The van der Waals surface area contributed by atoms with Crippen LogP contribution in [0.25, 0.3) is 0 Å². The van der Waals surface area contributed by atoms with Gasteiger partial charge in [-0.05, 0) is 26.2 Å². The first kappa shape index (κ1) is 16.7. The molecular weight excluding hydrogens is 288 g/mol. The van der Waals surface area contributed by atoms with Gasteiger partial charge in [0.2, 0.25) is 0 Å². The van der Waals surface area contributed by atoms with E-state index in [9.17, 15) is 0 Å². The molecule has 0 spiro atoms. The number of aryl methyl sites for hydroxylation is 2. The summed E-state index contributed by atoms with van der Waals surface area (Å²) in [6.45, 7) is 1.99. The number of nitrogens with zero attached hydrogens (tertiary/aromatic N) is 2. The largest absolute Gasteiger partial charge is 0.377 e. The molecule has 1 saturated carbocycles. The first-order valence-electron chi connectivity index (χ1n) is 7.73. The molecule has 1 atom stereocenters. The normalized spacial score (nSPS) is 20.2. The van der Waals surface area contributed by atoms with Crippen molar-refractivity contribution in [2.45, 2.75) is 63.5 Å². The van der Waals surface area contributed by atoms with Gasteiger partial charge in [0, 0.05) is 19.7 Å². The molecule has 120 valence electrons. The number of halogens is 1. The van der Waals surface area contributed by atoms with Gasteiger partial charge in [-0.15, -0.1) is 0 Å². The van der Waals surface area contributed by atoms with Crippen molar-refractivity contribution in [2.75, 3.05) is 7.11 Å². The molecule has 1 heterocycles. The van der Waals surface area contributed by atoms with Gasteiger partial charge in [-0.1, -0.05) is 37.3 Å². The zero-order valence-corrected chi connectivity index (χ0v) is 14.0. The summed E-state index contributed by atoms with van der Waals surface area (Å²) >= 11 is 6.37. The third-order valence-electron chi connectivity index (χ3n) is 4.87. The van der Waals surface area contributed by atoms with Gasteiger partial charge >= 0.3 is 0 Å². The monoisotopic (exact) mass is 314 g/mol. The van der Waals surface area contributed by atoms with Crippen LogP contribution in [0.5, 0.6) is 0 Å². The smallest absolute Gasteiger partial charge is 0.130 e. The van der Waals surface area contributed by atoms with Crippen molar-refractivity contribution in [2.24, 2.45) is 12.9 Å². The fourth-order valence-corrected chi connectivity index (χ4v) is 3.78. The molecule has 3 N–H and O–H groups in total. The average molecular weight is 315 g/mol. The summed E-state index contributed by atoms with van der Waals surface area (Å²) in [6, 6.07) is 0.0426. The van der Waals surface area contributed by atoms with Crippen molar-refractivity contribution in [1.82, 2.24) is 15.2 Å². The molecule has 0 radical (unpaired) electrons. The third-order valence-corrected chi connectivity index (χ3v) is 5.34. The van der Waals surface area contributed by atoms with E-state index in [4.69, 9.17) is 22.2 Å². The van der Waals surface area contributed by atoms with Crippen LogP contribution in [0.4, 0.5) is 0 Å². The molecule has 0 aliphatic heterocycles. The third kappa shape index (κ3) is 3.42. The predicted molar refractivity (Wildman–Crippen MR) is 85.2 cm³/mol. The Morgan fingerprint density at radius 2 is 2.00 bits per heavy atom. The molecule has 1 unspecified atom stereocenters. The van der Waals surface area contributed by atoms with Gasteiger partial charge in [-0.2, -0.15) is 5.10 Å². The number of hydrogen-bond acceptors (Lipinski definition) is 4. The maximum absolute atomic E-state index is 6.37. The van der Waals surface area contributed by atoms with Gasteiger partial charge in [-0.3, -0.25) is 16.0 Å². The van der Waals surface area contributed by atoms with E-state index in [-0.39, 0.29) is 11.6 Å². The molecule has 1 aliphatic rings. The summed E-state index contributed by atoms with van der Waals surface area (Å²) in [5.74, 6) is 5.87. The number of hydrazine groups is 1. The van der Waals surface area contributed by atoms with Gasteiger partial charge in [0.25, 0.3) is 0 Å². The molecule has 0 bridgehead atoms. The summed E-state index contributed by atoms with van der Waals surface area (Å²) in [6.07, 6.45) is 7.73. The molecule has 1 aromatic rings. The minimum absolute atomic E-state index is 0.0426. The Morgan fingerprint density at radius 3 is 2.43 bits per heavy atom.